The maximum Gasteiger partial charge on any atom is 0.0972 e. The SMILES string of the molecule is c1ccc2c(c1)Nc1cc(-c3cccc4nc5ccccc5nc34)ccc1S2. The second kappa shape index (κ2) is 6.08. The molecule has 0 atom stereocenters. The van der Waals surface area contributed by atoms with Crippen LogP contribution in [0.4, 0.5) is 11.4 Å². The van der Waals surface area contributed by atoms with Crippen molar-refractivity contribution >= 4 is 45.2 Å². The number of rotatable bonds is 1. The molecule has 0 bridgehead atoms. The highest BCUT2D eigenvalue weighted by Gasteiger charge is 2.16. The first-order valence-electron chi connectivity index (χ1n) is 9.19. The molecular weight excluding hydrogens is 362 g/mol. The number of benzene rings is 4. The summed E-state index contributed by atoms with van der Waals surface area (Å²) in [6.07, 6.45) is 0. The van der Waals surface area contributed by atoms with Crippen LogP contribution in [0.25, 0.3) is 33.2 Å². The van der Waals surface area contributed by atoms with Crippen LogP contribution < -0.4 is 5.32 Å². The fourth-order valence-corrected chi connectivity index (χ4v) is 4.65. The molecule has 6 rings (SSSR count). The number of nitrogens with one attached hydrogen (secondary N) is 1. The Morgan fingerprint density at radius 2 is 1.36 bits per heavy atom. The van der Waals surface area contributed by atoms with E-state index in [9.17, 15) is 0 Å². The summed E-state index contributed by atoms with van der Waals surface area (Å²) >= 11 is 1.80. The number of anilines is 2. The van der Waals surface area contributed by atoms with Crippen LogP contribution in [-0.4, -0.2) is 9.97 Å². The van der Waals surface area contributed by atoms with Crippen molar-refractivity contribution in [2.75, 3.05) is 5.32 Å². The van der Waals surface area contributed by atoms with Crippen molar-refractivity contribution in [1.82, 2.24) is 9.97 Å². The molecule has 5 aromatic rings. The van der Waals surface area contributed by atoms with Gasteiger partial charge in [-0.1, -0.05) is 54.2 Å². The molecule has 1 N–H and O–H groups in total. The van der Waals surface area contributed by atoms with Gasteiger partial charge in [0.2, 0.25) is 0 Å². The van der Waals surface area contributed by atoms with Gasteiger partial charge >= 0.3 is 0 Å². The molecule has 1 aliphatic heterocycles. The lowest BCUT2D eigenvalue weighted by atomic mass is 10.0. The van der Waals surface area contributed by atoms with Crippen molar-refractivity contribution in [3.63, 3.8) is 0 Å². The van der Waals surface area contributed by atoms with Crippen molar-refractivity contribution in [1.29, 1.82) is 0 Å². The first-order chi connectivity index (χ1) is 13.8. The minimum absolute atomic E-state index is 0.918. The van der Waals surface area contributed by atoms with E-state index in [1.54, 1.807) is 11.8 Å². The molecule has 28 heavy (non-hydrogen) atoms. The van der Waals surface area contributed by atoms with Crippen LogP contribution >= 0.6 is 11.8 Å². The predicted octanol–water partition coefficient (Wildman–Crippen LogP) is 6.66. The van der Waals surface area contributed by atoms with Crippen molar-refractivity contribution in [2.24, 2.45) is 0 Å². The highest BCUT2D eigenvalue weighted by atomic mass is 32.2. The van der Waals surface area contributed by atoms with E-state index in [0.29, 0.717) is 0 Å². The molecule has 4 aromatic carbocycles. The fourth-order valence-electron chi connectivity index (χ4n) is 3.68. The van der Waals surface area contributed by atoms with E-state index in [4.69, 9.17) is 9.97 Å². The Hall–Kier alpha value is -3.37. The van der Waals surface area contributed by atoms with Gasteiger partial charge in [-0.05, 0) is 48.0 Å². The summed E-state index contributed by atoms with van der Waals surface area (Å²) in [5, 5.41) is 3.57. The molecule has 0 saturated heterocycles. The van der Waals surface area contributed by atoms with Crippen LogP contribution in [0.5, 0.6) is 0 Å². The summed E-state index contributed by atoms with van der Waals surface area (Å²) in [5.41, 5.74) is 8.22. The topological polar surface area (TPSA) is 37.8 Å². The molecule has 1 aromatic heterocycles. The lowest BCUT2D eigenvalue weighted by molar-refractivity contribution is 1.31. The third kappa shape index (κ3) is 2.46. The molecule has 4 heteroatoms. The molecule has 1 aliphatic rings. The second-order valence-electron chi connectivity index (χ2n) is 6.82. The normalized spacial score (nSPS) is 12.4. The van der Waals surface area contributed by atoms with Gasteiger partial charge in [-0.2, -0.15) is 0 Å². The number of para-hydroxylation sites is 4. The highest BCUT2D eigenvalue weighted by molar-refractivity contribution is 7.99. The molecule has 0 amide bonds. The van der Waals surface area contributed by atoms with E-state index in [1.165, 1.54) is 9.79 Å². The van der Waals surface area contributed by atoms with Gasteiger partial charge in [-0.25, -0.2) is 9.97 Å². The zero-order valence-corrected chi connectivity index (χ0v) is 15.7. The van der Waals surface area contributed by atoms with E-state index in [1.807, 2.05) is 30.3 Å². The van der Waals surface area contributed by atoms with Gasteiger partial charge in [-0.3, -0.25) is 0 Å². The standard InChI is InChI=1S/C24H15N3S/c1-2-8-18-17(7-1)25-20-10-5-6-16(24(20)27-18)15-12-13-23-21(14-15)26-19-9-3-4-11-22(19)28-23/h1-14,26H. The Balaban J connectivity index is 1.52. The van der Waals surface area contributed by atoms with Gasteiger partial charge in [-0.15, -0.1) is 0 Å². The van der Waals surface area contributed by atoms with Crippen LogP contribution in [0, 0.1) is 0 Å². The summed E-state index contributed by atoms with van der Waals surface area (Å²) in [7, 11) is 0. The molecule has 3 nitrogen and oxygen atoms in total. The summed E-state index contributed by atoms with van der Waals surface area (Å²) in [4.78, 5) is 12.2. The third-order valence-corrected chi connectivity index (χ3v) is 6.19. The zero-order chi connectivity index (χ0) is 18.5. The van der Waals surface area contributed by atoms with Gasteiger partial charge in [0.05, 0.1) is 33.4 Å². The summed E-state index contributed by atoms with van der Waals surface area (Å²) in [5.74, 6) is 0. The number of hydrogen-bond donors (Lipinski definition) is 1. The monoisotopic (exact) mass is 377 g/mol. The van der Waals surface area contributed by atoms with Crippen LogP contribution in [0.2, 0.25) is 0 Å². The molecule has 0 aliphatic carbocycles. The lowest BCUT2D eigenvalue weighted by Gasteiger charge is -2.21. The molecule has 0 radical (unpaired) electrons. The van der Waals surface area contributed by atoms with Crippen molar-refractivity contribution < 1.29 is 0 Å². The van der Waals surface area contributed by atoms with Crippen molar-refractivity contribution in [2.45, 2.75) is 9.79 Å². The molecule has 132 valence electrons. The largest absolute Gasteiger partial charge is 0.354 e. The Bertz CT molecular complexity index is 1380. The highest BCUT2D eigenvalue weighted by Crippen LogP contribution is 2.45. The van der Waals surface area contributed by atoms with E-state index in [0.717, 1.165) is 44.6 Å². The lowest BCUT2D eigenvalue weighted by Crippen LogP contribution is -1.99. The number of aromatic nitrogens is 2. The molecular formula is C24H15N3S. The molecule has 2 heterocycles. The Morgan fingerprint density at radius 3 is 2.29 bits per heavy atom. The quantitative estimate of drug-likeness (QED) is 0.325. The van der Waals surface area contributed by atoms with Crippen LogP contribution in [0.1, 0.15) is 0 Å². The minimum Gasteiger partial charge on any atom is -0.354 e. The summed E-state index contributed by atoms with van der Waals surface area (Å²) < 4.78 is 0. The fraction of sp³-hybridized carbons (Fsp3) is 0. The van der Waals surface area contributed by atoms with Crippen molar-refractivity contribution in [3.8, 4) is 11.1 Å². The number of nitrogens with zero attached hydrogens (tertiary/aromatic N) is 2. The van der Waals surface area contributed by atoms with E-state index in [2.05, 4.69) is 59.9 Å². The third-order valence-electron chi connectivity index (χ3n) is 5.04. The van der Waals surface area contributed by atoms with E-state index >= 15 is 0 Å². The van der Waals surface area contributed by atoms with Gasteiger partial charge < -0.3 is 5.32 Å². The zero-order valence-electron chi connectivity index (χ0n) is 14.9. The number of hydrogen-bond acceptors (Lipinski definition) is 4. The first kappa shape index (κ1) is 15.7. The Kier molecular flexibility index (Phi) is 3.40. The average Bonchev–Trinajstić information content (AvgIpc) is 2.75. The maximum atomic E-state index is 4.91. The van der Waals surface area contributed by atoms with E-state index < -0.39 is 0 Å². The summed E-state index contributed by atoms with van der Waals surface area (Å²) in [6.45, 7) is 0. The molecule has 0 spiro atoms. The minimum atomic E-state index is 0.918. The first-order valence-corrected chi connectivity index (χ1v) is 10.0. The van der Waals surface area contributed by atoms with Crippen LogP contribution in [0.15, 0.2) is 94.7 Å². The Labute approximate surface area is 166 Å². The van der Waals surface area contributed by atoms with E-state index in [-0.39, 0.29) is 0 Å². The van der Waals surface area contributed by atoms with Gasteiger partial charge in [0, 0.05) is 15.4 Å². The van der Waals surface area contributed by atoms with Gasteiger partial charge in [0.15, 0.2) is 0 Å². The second-order valence-corrected chi connectivity index (χ2v) is 7.90. The number of fused-ring (bicyclic) bond motifs is 4. The molecule has 0 fully saturated rings. The predicted molar refractivity (Wildman–Crippen MR) is 116 cm³/mol. The van der Waals surface area contributed by atoms with Gasteiger partial charge in [0.1, 0.15) is 0 Å². The maximum absolute atomic E-state index is 4.91. The van der Waals surface area contributed by atoms with Crippen molar-refractivity contribution in [3.05, 3.63) is 84.9 Å². The van der Waals surface area contributed by atoms with Gasteiger partial charge in [0.25, 0.3) is 0 Å². The average molecular weight is 377 g/mol. The molecule has 0 saturated carbocycles. The Morgan fingerprint density at radius 1 is 0.607 bits per heavy atom. The smallest absolute Gasteiger partial charge is 0.0972 e. The van der Waals surface area contributed by atoms with Crippen LogP contribution in [0.3, 0.4) is 0 Å². The summed E-state index contributed by atoms with van der Waals surface area (Å²) in [6, 6.07) is 29.2. The molecule has 0 unspecified atom stereocenters. The van der Waals surface area contributed by atoms with Crippen LogP contribution in [-0.2, 0) is 0 Å².